The Hall–Kier alpha value is -2.02. The number of hydrogen-bond acceptors (Lipinski definition) is 4. The molecule has 0 unspecified atom stereocenters. The minimum atomic E-state index is -1.50. The molecule has 0 radical (unpaired) electrons. The summed E-state index contributed by atoms with van der Waals surface area (Å²) in [6.45, 7) is 1.21. The molecule has 2 atom stereocenters. The van der Waals surface area contributed by atoms with Gasteiger partial charge < -0.3 is 15.5 Å². The van der Waals surface area contributed by atoms with Crippen molar-refractivity contribution < 1.29 is 24.2 Å². The largest absolute Gasteiger partial charge is 0.480 e. The average Bonchev–Trinajstić information content (AvgIpc) is 2.25. The second kappa shape index (κ2) is 5.35. The molecule has 0 aromatic carbocycles. The van der Waals surface area contributed by atoms with Crippen molar-refractivity contribution in [1.29, 1.82) is 0 Å². The third kappa shape index (κ3) is 3.22. The predicted octanol–water partition coefficient (Wildman–Crippen LogP) is -0.216. The van der Waals surface area contributed by atoms with Crippen molar-refractivity contribution >= 4 is 11.9 Å². The van der Waals surface area contributed by atoms with Gasteiger partial charge in [0.1, 0.15) is 0 Å². The minimum Gasteiger partial charge on any atom is -0.480 e. The van der Waals surface area contributed by atoms with Gasteiger partial charge in [-0.2, -0.15) is 4.39 Å². The molecular formula is C10H11FN2O4. The van der Waals surface area contributed by atoms with Crippen LogP contribution >= 0.6 is 0 Å². The van der Waals surface area contributed by atoms with Crippen LogP contribution in [0.3, 0.4) is 0 Å². The minimum absolute atomic E-state index is 0.376. The van der Waals surface area contributed by atoms with E-state index in [2.05, 4.69) is 4.98 Å². The first-order valence-corrected chi connectivity index (χ1v) is 4.75. The van der Waals surface area contributed by atoms with Gasteiger partial charge in [0.2, 0.25) is 5.95 Å². The lowest BCUT2D eigenvalue weighted by atomic mass is 10.1. The number of carbonyl (C=O) groups excluding carboxylic acids is 1. The first-order chi connectivity index (χ1) is 7.93. The number of carboxylic acid groups (broad SMARTS) is 1. The molecule has 1 aromatic rings. The summed E-state index contributed by atoms with van der Waals surface area (Å²) in [6.07, 6.45) is -0.133. The molecule has 6 nitrogen and oxygen atoms in total. The van der Waals surface area contributed by atoms with Gasteiger partial charge in [-0.05, 0) is 19.1 Å². The second-order valence-electron chi connectivity index (χ2n) is 3.37. The van der Waals surface area contributed by atoms with Gasteiger partial charge in [-0.15, -0.1) is 0 Å². The Bertz CT molecular complexity index is 436. The molecule has 0 spiro atoms. The lowest BCUT2D eigenvalue weighted by Gasteiger charge is -2.16. The maximum atomic E-state index is 13.1. The standard InChI is InChI=1S/C10H11FN2O4/c1-5(14)7(10(16)17)13-9(15)6-3-2-4-12-8(6)11/h2-5,7,14H,1H3,(H,13,15)(H,16,17)/t5-,7+/m1/s1. The van der Waals surface area contributed by atoms with Crippen LogP contribution in [0.15, 0.2) is 18.3 Å². The number of aromatic nitrogens is 1. The van der Waals surface area contributed by atoms with Crippen LogP contribution in [0.5, 0.6) is 0 Å². The molecule has 1 heterocycles. The fourth-order valence-corrected chi connectivity index (χ4v) is 1.16. The van der Waals surface area contributed by atoms with Crippen LogP contribution in [0.4, 0.5) is 4.39 Å². The molecule has 0 aliphatic heterocycles. The molecule has 1 rings (SSSR count). The molecule has 0 fully saturated rings. The zero-order valence-electron chi connectivity index (χ0n) is 8.92. The Balaban J connectivity index is 2.85. The zero-order chi connectivity index (χ0) is 13.0. The highest BCUT2D eigenvalue weighted by Gasteiger charge is 2.26. The number of pyridine rings is 1. The summed E-state index contributed by atoms with van der Waals surface area (Å²) < 4.78 is 13.1. The van der Waals surface area contributed by atoms with Crippen LogP contribution in [-0.2, 0) is 4.79 Å². The smallest absolute Gasteiger partial charge is 0.328 e. The van der Waals surface area contributed by atoms with E-state index in [1.54, 1.807) is 0 Å². The molecule has 1 amide bonds. The van der Waals surface area contributed by atoms with Gasteiger partial charge in [0.15, 0.2) is 6.04 Å². The molecule has 0 aliphatic rings. The SMILES string of the molecule is C[C@@H](O)[C@H](NC(=O)c1cccnc1F)C(=O)O. The maximum Gasteiger partial charge on any atom is 0.328 e. The topological polar surface area (TPSA) is 99.5 Å². The highest BCUT2D eigenvalue weighted by Crippen LogP contribution is 2.04. The number of nitrogens with one attached hydrogen (secondary N) is 1. The first-order valence-electron chi connectivity index (χ1n) is 4.75. The monoisotopic (exact) mass is 242 g/mol. The molecule has 0 aliphatic carbocycles. The number of aliphatic carboxylic acids is 1. The van der Waals surface area contributed by atoms with Crippen molar-refractivity contribution in [2.45, 2.75) is 19.1 Å². The van der Waals surface area contributed by atoms with E-state index in [1.165, 1.54) is 19.1 Å². The normalized spacial score (nSPS) is 13.8. The molecule has 3 N–H and O–H groups in total. The van der Waals surface area contributed by atoms with E-state index in [0.29, 0.717) is 0 Å². The zero-order valence-corrected chi connectivity index (χ0v) is 8.92. The van der Waals surface area contributed by atoms with Crippen molar-refractivity contribution in [2.24, 2.45) is 0 Å². The number of amides is 1. The van der Waals surface area contributed by atoms with Crippen LogP contribution in [0.25, 0.3) is 0 Å². The molecule has 92 valence electrons. The Kier molecular flexibility index (Phi) is 4.11. The molecular weight excluding hydrogens is 231 g/mol. The van der Waals surface area contributed by atoms with Crippen LogP contribution in [-0.4, -0.2) is 39.2 Å². The van der Waals surface area contributed by atoms with Gasteiger partial charge in [-0.3, -0.25) is 4.79 Å². The average molecular weight is 242 g/mol. The quantitative estimate of drug-likeness (QED) is 0.634. The van der Waals surface area contributed by atoms with Gasteiger partial charge in [0.05, 0.1) is 11.7 Å². The van der Waals surface area contributed by atoms with Gasteiger partial charge in [-0.25, -0.2) is 9.78 Å². The van der Waals surface area contributed by atoms with Gasteiger partial charge in [0, 0.05) is 6.20 Å². The van der Waals surface area contributed by atoms with E-state index in [0.717, 1.165) is 6.20 Å². The Morgan fingerprint density at radius 3 is 2.65 bits per heavy atom. The summed E-state index contributed by atoms with van der Waals surface area (Å²) in [5.74, 6) is -3.35. The second-order valence-corrected chi connectivity index (χ2v) is 3.37. The van der Waals surface area contributed by atoms with Crippen LogP contribution in [0.1, 0.15) is 17.3 Å². The van der Waals surface area contributed by atoms with Crippen LogP contribution in [0.2, 0.25) is 0 Å². The lowest BCUT2D eigenvalue weighted by Crippen LogP contribution is -2.47. The summed E-state index contributed by atoms with van der Waals surface area (Å²) in [7, 11) is 0. The van der Waals surface area contributed by atoms with Crippen LogP contribution in [0, 0.1) is 5.95 Å². The fourth-order valence-electron chi connectivity index (χ4n) is 1.16. The van der Waals surface area contributed by atoms with Crippen molar-refractivity contribution in [2.75, 3.05) is 0 Å². The number of aliphatic hydroxyl groups is 1. The number of nitrogens with zero attached hydrogens (tertiary/aromatic N) is 1. The lowest BCUT2D eigenvalue weighted by molar-refractivity contribution is -0.141. The Labute approximate surface area is 96.1 Å². The van der Waals surface area contributed by atoms with E-state index in [4.69, 9.17) is 10.2 Å². The number of rotatable bonds is 4. The molecule has 7 heteroatoms. The fraction of sp³-hybridized carbons (Fsp3) is 0.300. The summed E-state index contributed by atoms with van der Waals surface area (Å²) >= 11 is 0. The highest BCUT2D eigenvalue weighted by molar-refractivity contribution is 5.96. The number of halogens is 1. The van der Waals surface area contributed by atoms with E-state index >= 15 is 0 Å². The van der Waals surface area contributed by atoms with E-state index < -0.39 is 30.0 Å². The van der Waals surface area contributed by atoms with Crippen molar-refractivity contribution in [3.8, 4) is 0 Å². The van der Waals surface area contributed by atoms with Gasteiger partial charge in [-0.1, -0.05) is 0 Å². The van der Waals surface area contributed by atoms with Gasteiger partial charge in [0.25, 0.3) is 5.91 Å². The number of carbonyl (C=O) groups is 2. The summed E-state index contributed by atoms with van der Waals surface area (Å²) in [5, 5.41) is 19.9. The van der Waals surface area contributed by atoms with E-state index in [-0.39, 0.29) is 5.56 Å². The summed E-state index contributed by atoms with van der Waals surface area (Å²) in [6, 6.07) is 1.01. The molecule has 0 bridgehead atoms. The van der Waals surface area contributed by atoms with E-state index in [1.807, 2.05) is 5.32 Å². The molecule has 0 saturated heterocycles. The van der Waals surface area contributed by atoms with Crippen molar-refractivity contribution in [3.05, 3.63) is 29.8 Å². The molecule has 0 saturated carbocycles. The van der Waals surface area contributed by atoms with Gasteiger partial charge >= 0.3 is 5.97 Å². The third-order valence-electron chi connectivity index (χ3n) is 2.04. The van der Waals surface area contributed by atoms with E-state index in [9.17, 15) is 14.0 Å². The van der Waals surface area contributed by atoms with Crippen LogP contribution < -0.4 is 5.32 Å². The van der Waals surface area contributed by atoms with Crippen molar-refractivity contribution in [1.82, 2.24) is 10.3 Å². The Morgan fingerprint density at radius 2 is 2.18 bits per heavy atom. The molecule has 1 aromatic heterocycles. The third-order valence-corrected chi connectivity index (χ3v) is 2.04. The summed E-state index contributed by atoms with van der Waals surface area (Å²) in [4.78, 5) is 25.5. The first kappa shape index (κ1) is 13.0. The predicted molar refractivity (Wildman–Crippen MR) is 54.8 cm³/mol. The maximum absolute atomic E-state index is 13.1. The summed E-state index contributed by atoms with van der Waals surface area (Å²) in [5.41, 5.74) is -0.376. The molecule has 17 heavy (non-hydrogen) atoms. The number of aliphatic hydroxyl groups excluding tert-OH is 1. The highest BCUT2D eigenvalue weighted by atomic mass is 19.1. The Morgan fingerprint density at radius 1 is 1.53 bits per heavy atom. The number of hydrogen-bond donors (Lipinski definition) is 3. The van der Waals surface area contributed by atoms with Crippen molar-refractivity contribution in [3.63, 3.8) is 0 Å². The number of carboxylic acids is 1.